The molecule has 0 aliphatic heterocycles. The molecule has 0 radical (unpaired) electrons. The van der Waals surface area contributed by atoms with E-state index in [9.17, 15) is 4.79 Å². The maximum atomic E-state index is 13.2. The van der Waals surface area contributed by atoms with E-state index in [0.29, 0.717) is 17.9 Å². The van der Waals surface area contributed by atoms with Gasteiger partial charge in [-0.25, -0.2) is 0 Å². The number of carbonyl (C=O) groups excluding carboxylic acids is 1. The molecule has 0 aromatic rings. The maximum Gasteiger partial charge on any atom is 0.179 e. The number of halogens is 1. The topological polar surface area (TPSA) is 26.3 Å². The van der Waals surface area contributed by atoms with E-state index in [1.54, 1.807) is 0 Å². The molecule has 4 rings (SSSR count). The fourth-order valence-electron chi connectivity index (χ4n) is 8.32. The number of ketones is 1. The Kier molecular flexibility index (Phi) is 6.26. The first-order chi connectivity index (χ1) is 13.9. The third-order valence-electron chi connectivity index (χ3n) is 10.00. The van der Waals surface area contributed by atoms with Gasteiger partial charge in [0.25, 0.3) is 0 Å². The Hall–Kier alpha value is -0.340. The van der Waals surface area contributed by atoms with E-state index in [-0.39, 0.29) is 17.1 Å². The van der Waals surface area contributed by atoms with Crippen molar-refractivity contribution in [3.63, 3.8) is 0 Å². The van der Waals surface area contributed by atoms with Crippen LogP contribution in [0.4, 0.5) is 0 Å². The van der Waals surface area contributed by atoms with E-state index in [1.165, 1.54) is 44.9 Å². The maximum absolute atomic E-state index is 13.2. The van der Waals surface area contributed by atoms with Crippen molar-refractivity contribution in [2.75, 3.05) is 12.5 Å². The Morgan fingerprint density at radius 1 is 1.07 bits per heavy atom. The highest BCUT2D eigenvalue weighted by Gasteiger charge is 2.67. The number of hydrogen-bond donors (Lipinski definition) is 0. The molecule has 0 aromatic carbocycles. The Balaban J connectivity index is 1.60. The van der Waals surface area contributed by atoms with Gasteiger partial charge in [-0.05, 0) is 86.9 Å². The van der Waals surface area contributed by atoms with Crippen LogP contribution in [0.2, 0.25) is 0 Å². The van der Waals surface area contributed by atoms with E-state index in [4.69, 9.17) is 16.3 Å². The van der Waals surface area contributed by atoms with Gasteiger partial charge in [0.1, 0.15) is 5.60 Å². The summed E-state index contributed by atoms with van der Waals surface area (Å²) in [6, 6.07) is 0. The van der Waals surface area contributed by atoms with Crippen LogP contribution in [0.3, 0.4) is 0 Å². The van der Waals surface area contributed by atoms with Gasteiger partial charge in [0.15, 0.2) is 5.78 Å². The van der Waals surface area contributed by atoms with Crippen LogP contribution in [0.15, 0.2) is 12.2 Å². The number of allylic oxidation sites excluding steroid dienone is 2. The second kappa shape index (κ2) is 8.30. The summed E-state index contributed by atoms with van der Waals surface area (Å²) < 4.78 is 6.58. The van der Waals surface area contributed by atoms with Gasteiger partial charge >= 0.3 is 0 Å². The summed E-state index contributed by atoms with van der Waals surface area (Å²) >= 11 is 6.17. The molecule has 0 N–H and O–H groups in total. The zero-order valence-electron chi connectivity index (χ0n) is 18.9. The number of unbranched alkanes of at least 4 members (excludes halogenated alkanes) is 2. The van der Waals surface area contributed by atoms with Crippen LogP contribution >= 0.6 is 11.6 Å². The molecule has 3 saturated carbocycles. The molecule has 164 valence electrons. The largest absolute Gasteiger partial charge is 0.367 e. The first kappa shape index (κ1) is 21.9. The van der Waals surface area contributed by atoms with Crippen LogP contribution in [-0.2, 0) is 9.53 Å². The number of hydrogen-bond acceptors (Lipinski definition) is 2. The lowest BCUT2D eigenvalue weighted by Gasteiger charge is -2.60. The van der Waals surface area contributed by atoms with Gasteiger partial charge in [-0.1, -0.05) is 45.8 Å². The molecule has 0 amide bonds. The monoisotopic (exact) mass is 420 g/mol. The molecule has 2 nitrogen and oxygen atoms in total. The van der Waals surface area contributed by atoms with Gasteiger partial charge in [0, 0.05) is 12.0 Å². The van der Waals surface area contributed by atoms with Crippen molar-refractivity contribution in [1.82, 2.24) is 0 Å². The highest BCUT2D eigenvalue weighted by Crippen LogP contribution is 2.68. The lowest BCUT2D eigenvalue weighted by Crippen LogP contribution is -2.59. The summed E-state index contributed by atoms with van der Waals surface area (Å²) in [6.07, 6.45) is 17.9. The average Bonchev–Trinajstić information content (AvgIpc) is 3.03. The predicted octanol–water partition coefficient (Wildman–Crippen LogP) is 6.95. The lowest BCUT2D eigenvalue weighted by atomic mass is 9.45. The molecular formula is C26H41ClO2. The molecule has 7 atom stereocenters. The number of alkyl halides is 1. The van der Waals surface area contributed by atoms with Crippen molar-refractivity contribution in [2.24, 2.45) is 34.5 Å². The molecule has 0 saturated heterocycles. The zero-order valence-corrected chi connectivity index (χ0v) is 19.6. The molecule has 0 bridgehead atoms. The van der Waals surface area contributed by atoms with Gasteiger partial charge in [-0.15, -0.1) is 11.6 Å². The quantitative estimate of drug-likeness (QED) is 0.253. The van der Waals surface area contributed by atoms with E-state index < -0.39 is 5.60 Å². The number of ether oxygens (including phenoxy) is 1. The van der Waals surface area contributed by atoms with Gasteiger partial charge in [0.2, 0.25) is 0 Å². The van der Waals surface area contributed by atoms with Gasteiger partial charge in [-0.2, -0.15) is 0 Å². The van der Waals surface area contributed by atoms with Gasteiger partial charge < -0.3 is 4.74 Å². The SMILES string of the molecule is CCCCCO[C@]1(C(=O)CCl)CC[C@H]2[C@@H]3CCC4CC=CC[C@]4(C)[C@H]3CC[C@@]21C. The van der Waals surface area contributed by atoms with Gasteiger partial charge in [0.05, 0.1) is 5.88 Å². The standard InChI is InChI=1S/C26H41ClO2/c1-4-5-8-17-29-26(23(28)18-27)16-13-22-20-11-10-19-9-6-7-14-24(19,2)21(20)12-15-25(22,26)3/h6-7,19-22H,4-5,8-18H2,1-3H3/t19?,20-,21+,22+,24+,25+,26+/m1/s1. The van der Waals surface area contributed by atoms with Crippen LogP contribution in [0.5, 0.6) is 0 Å². The van der Waals surface area contributed by atoms with E-state index in [0.717, 1.165) is 43.4 Å². The highest BCUT2D eigenvalue weighted by molar-refractivity contribution is 6.29. The average molecular weight is 421 g/mol. The summed E-state index contributed by atoms with van der Waals surface area (Å²) in [5, 5.41) is 0. The Bertz CT molecular complexity index is 645. The molecule has 4 aliphatic carbocycles. The van der Waals surface area contributed by atoms with Crippen molar-refractivity contribution in [2.45, 2.75) is 97.0 Å². The third-order valence-corrected chi connectivity index (χ3v) is 10.2. The first-order valence-electron chi connectivity index (χ1n) is 12.3. The Morgan fingerprint density at radius 2 is 1.86 bits per heavy atom. The summed E-state index contributed by atoms with van der Waals surface area (Å²) in [7, 11) is 0. The molecule has 29 heavy (non-hydrogen) atoms. The van der Waals surface area contributed by atoms with Crippen LogP contribution in [0.25, 0.3) is 0 Å². The zero-order chi connectivity index (χ0) is 20.7. The van der Waals surface area contributed by atoms with Crippen molar-refractivity contribution < 1.29 is 9.53 Å². The fraction of sp³-hybridized carbons (Fsp3) is 0.885. The second-order valence-corrected chi connectivity index (χ2v) is 11.3. The fourth-order valence-corrected chi connectivity index (χ4v) is 8.53. The summed E-state index contributed by atoms with van der Waals surface area (Å²) in [4.78, 5) is 13.2. The predicted molar refractivity (Wildman–Crippen MR) is 120 cm³/mol. The molecular weight excluding hydrogens is 380 g/mol. The van der Waals surface area contributed by atoms with Crippen LogP contribution < -0.4 is 0 Å². The number of fused-ring (bicyclic) bond motifs is 5. The molecule has 0 aromatic heterocycles. The van der Waals surface area contributed by atoms with Gasteiger partial charge in [-0.3, -0.25) is 4.79 Å². The molecule has 4 aliphatic rings. The summed E-state index contributed by atoms with van der Waals surface area (Å²) in [5.41, 5.74) is -0.217. The van der Waals surface area contributed by atoms with E-state index in [1.807, 2.05) is 0 Å². The van der Waals surface area contributed by atoms with Crippen molar-refractivity contribution in [1.29, 1.82) is 0 Å². The minimum absolute atomic E-state index is 0.0416. The molecule has 0 spiro atoms. The normalized spacial score (nSPS) is 46.1. The third kappa shape index (κ3) is 3.27. The van der Waals surface area contributed by atoms with Crippen molar-refractivity contribution >= 4 is 17.4 Å². The minimum atomic E-state index is -0.637. The first-order valence-corrected chi connectivity index (χ1v) is 12.8. The second-order valence-electron chi connectivity index (χ2n) is 11.0. The lowest BCUT2D eigenvalue weighted by molar-refractivity contribution is -0.180. The number of carbonyl (C=O) groups is 1. The summed E-state index contributed by atoms with van der Waals surface area (Å²) in [6.45, 7) is 7.89. The summed E-state index contributed by atoms with van der Waals surface area (Å²) in [5.74, 6) is 3.29. The smallest absolute Gasteiger partial charge is 0.179 e. The van der Waals surface area contributed by atoms with Crippen molar-refractivity contribution in [3.8, 4) is 0 Å². The van der Waals surface area contributed by atoms with Crippen molar-refractivity contribution in [3.05, 3.63) is 12.2 Å². The van der Waals surface area contributed by atoms with Crippen LogP contribution in [0, 0.1) is 34.5 Å². The molecule has 0 heterocycles. The van der Waals surface area contributed by atoms with Crippen LogP contribution in [0.1, 0.15) is 91.4 Å². The molecule has 1 unspecified atom stereocenters. The molecule has 3 heteroatoms. The Labute approximate surface area is 183 Å². The highest BCUT2D eigenvalue weighted by atomic mass is 35.5. The minimum Gasteiger partial charge on any atom is -0.367 e. The Morgan fingerprint density at radius 3 is 2.62 bits per heavy atom. The van der Waals surface area contributed by atoms with Crippen LogP contribution in [-0.4, -0.2) is 23.9 Å². The van der Waals surface area contributed by atoms with E-state index >= 15 is 0 Å². The molecule has 3 fully saturated rings. The number of rotatable bonds is 7. The number of Topliss-reactive ketones (excluding diaryl/α,β-unsaturated/α-hetero) is 1. The van der Waals surface area contributed by atoms with E-state index in [2.05, 4.69) is 32.9 Å².